The van der Waals surface area contributed by atoms with Crippen molar-refractivity contribution < 1.29 is 18.9 Å². The molecule has 0 spiro atoms. The van der Waals surface area contributed by atoms with Gasteiger partial charge in [-0.15, -0.1) is 11.8 Å². The smallest absolute Gasteiger partial charge is 0.238 e. The summed E-state index contributed by atoms with van der Waals surface area (Å²) in [5.41, 5.74) is 0.958. The average Bonchev–Trinajstić information content (AvgIpc) is 2.99. The third-order valence-corrected chi connectivity index (χ3v) is 4.73. The zero-order valence-electron chi connectivity index (χ0n) is 15.0. The van der Waals surface area contributed by atoms with Crippen LogP contribution in [-0.4, -0.2) is 33.9 Å². The number of aryl methyl sites for hydroxylation is 1. The largest absolute Gasteiger partial charge is 0.360 e. The summed E-state index contributed by atoms with van der Waals surface area (Å²) in [5.74, 6) is 0.194. The molecule has 0 aliphatic carbocycles. The molecular weight excluding hydrogens is 392 g/mol. The summed E-state index contributed by atoms with van der Waals surface area (Å²) >= 11 is 7.28. The summed E-state index contributed by atoms with van der Waals surface area (Å²) in [4.78, 5) is 35.2. The van der Waals surface area contributed by atoms with E-state index in [0.717, 1.165) is 0 Å². The van der Waals surface area contributed by atoms with Gasteiger partial charge in [-0.05, 0) is 32.0 Å². The van der Waals surface area contributed by atoms with E-state index in [1.54, 1.807) is 38.1 Å². The van der Waals surface area contributed by atoms with Gasteiger partial charge in [0.2, 0.25) is 17.7 Å². The number of anilines is 3. The maximum absolute atomic E-state index is 12.1. The summed E-state index contributed by atoms with van der Waals surface area (Å²) in [5, 5.41) is 11.4. The van der Waals surface area contributed by atoms with Gasteiger partial charge in [0.1, 0.15) is 5.76 Å². The van der Waals surface area contributed by atoms with E-state index in [2.05, 4.69) is 21.1 Å². The Balaban J connectivity index is 1.83. The number of hydrogen-bond donors (Lipinski definition) is 3. The van der Waals surface area contributed by atoms with Crippen molar-refractivity contribution in [1.82, 2.24) is 5.16 Å². The number of halogens is 1. The second-order valence-electron chi connectivity index (χ2n) is 5.69. The zero-order chi connectivity index (χ0) is 20.0. The Morgan fingerprint density at radius 2 is 1.96 bits per heavy atom. The Hall–Kier alpha value is -2.52. The Labute approximate surface area is 165 Å². The van der Waals surface area contributed by atoms with Crippen molar-refractivity contribution in [3.8, 4) is 0 Å². The lowest BCUT2D eigenvalue weighted by Crippen LogP contribution is -2.25. The third-order valence-electron chi connectivity index (χ3n) is 3.28. The lowest BCUT2D eigenvalue weighted by atomic mass is 10.2. The zero-order valence-corrected chi connectivity index (χ0v) is 16.5. The number of carbonyl (C=O) groups excluding carboxylic acids is 3. The molecule has 8 nitrogen and oxygen atoms in total. The highest BCUT2D eigenvalue weighted by atomic mass is 35.5. The van der Waals surface area contributed by atoms with Crippen LogP contribution in [-0.2, 0) is 14.4 Å². The molecule has 0 aliphatic rings. The van der Waals surface area contributed by atoms with Crippen molar-refractivity contribution in [2.45, 2.75) is 26.0 Å². The summed E-state index contributed by atoms with van der Waals surface area (Å²) in [6.45, 7) is 4.80. The molecule has 0 fully saturated rings. The third kappa shape index (κ3) is 6.61. The number of hydrogen-bond acceptors (Lipinski definition) is 6. The van der Waals surface area contributed by atoms with Crippen molar-refractivity contribution in [1.29, 1.82) is 0 Å². The molecule has 2 aromatic rings. The molecule has 1 heterocycles. The number of aromatic nitrogens is 1. The highest BCUT2D eigenvalue weighted by Gasteiger charge is 2.17. The number of thioether (sulfide) groups is 1. The van der Waals surface area contributed by atoms with E-state index in [9.17, 15) is 14.4 Å². The number of carbonyl (C=O) groups is 3. The van der Waals surface area contributed by atoms with Crippen molar-refractivity contribution in [2.75, 3.05) is 21.7 Å². The number of nitrogens with one attached hydrogen (secondary N) is 3. The van der Waals surface area contributed by atoms with Crippen LogP contribution in [0.15, 0.2) is 28.8 Å². The first-order valence-corrected chi connectivity index (χ1v) is 9.40. The van der Waals surface area contributed by atoms with E-state index in [1.165, 1.54) is 18.7 Å². The van der Waals surface area contributed by atoms with Crippen LogP contribution in [0.25, 0.3) is 0 Å². The number of amides is 3. The monoisotopic (exact) mass is 410 g/mol. The fourth-order valence-corrected chi connectivity index (χ4v) is 2.92. The topological polar surface area (TPSA) is 113 Å². The van der Waals surface area contributed by atoms with Crippen molar-refractivity contribution in [3.63, 3.8) is 0 Å². The van der Waals surface area contributed by atoms with Crippen LogP contribution in [0.5, 0.6) is 0 Å². The van der Waals surface area contributed by atoms with Gasteiger partial charge in [0, 0.05) is 18.7 Å². The maximum atomic E-state index is 12.1. The second-order valence-corrected chi connectivity index (χ2v) is 7.43. The Bertz CT molecular complexity index is 855. The first kappa shape index (κ1) is 20.8. The molecule has 1 atom stereocenters. The normalized spacial score (nSPS) is 11.6. The second kappa shape index (κ2) is 9.43. The Kier molecular flexibility index (Phi) is 7.26. The van der Waals surface area contributed by atoms with Gasteiger partial charge >= 0.3 is 0 Å². The van der Waals surface area contributed by atoms with E-state index in [4.69, 9.17) is 16.1 Å². The SMILES string of the molecule is CC(=O)Nc1ccc(NC(=O)CSC(C)C(=O)Nc2cc(C)on2)c(Cl)c1. The molecule has 3 amide bonds. The molecule has 1 unspecified atom stereocenters. The van der Waals surface area contributed by atoms with Crippen LogP contribution in [0.4, 0.5) is 17.2 Å². The summed E-state index contributed by atoms with van der Waals surface area (Å²) < 4.78 is 4.88. The Morgan fingerprint density at radius 3 is 2.56 bits per heavy atom. The molecule has 1 aromatic carbocycles. The van der Waals surface area contributed by atoms with Crippen molar-refractivity contribution in [2.24, 2.45) is 0 Å². The quantitative estimate of drug-likeness (QED) is 0.645. The fraction of sp³-hybridized carbons (Fsp3) is 0.294. The summed E-state index contributed by atoms with van der Waals surface area (Å²) in [6, 6.07) is 6.38. The molecule has 3 N–H and O–H groups in total. The van der Waals surface area contributed by atoms with Crippen LogP contribution in [0.1, 0.15) is 19.6 Å². The lowest BCUT2D eigenvalue weighted by Gasteiger charge is -2.12. The first-order valence-electron chi connectivity index (χ1n) is 7.97. The molecule has 0 saturated carbocycles. The molecule has 0 bridgehead atoms. The molecule has 10 heteroatoms. The molecule has 2 rings (SSSR count). The van der Waals surface area contributed by atoms with Gasteiger partial charge in [-0.2, -0.15) is 0 Å². The highest BCUT2D eigenvalue weighted by Crippen LogP contribution is 2.26. The highest BCUT2D eigenvalue weighted by molar-refractivity contribution is 8.01. The van der Waals surface area contributed by atoms with E-state index in [1.807, 2.05) is 0 Å². The van der Waals surface area contributed by atoms with Crippen LogP contribution in [0.3, 0.4) is 0 Å². The van der Waals surface area contributed by atoms with Crippen molar-refractivity contribution in [3.05, 3.63) is 35.0 Å². The predicted molar refractivity (Wildman–Crippen MR) is 106 cm³/mol. The first-order chi connectivity index (χ1) is 12.7. The lowest BCUT2D eigenvalue weighted by molar-refractivity contribution is -0.115. The average molecular weight is 411 g/mol. The molecule has 144 valence electrons. The van der Waals surface area contributed by atoms with E-state index >= 15 is 0 Å². The minimum Gasteiger partial charge on any atom is -0.360 e. The van der Waals surface area contributed by atoms with Gasteiger partial charge in [0.25, 0.3) is 0 Å². The molecular formula is C17H19ClN4O4S. The van der Waals surface area contributed by atoms with Gasteiger partial charge < -0.3 is 20.5 Å². The van der Waals surface area contributed by atoms with Crippen LogP contribution < -0.4 is 16.0 Å². The summed E-state index contributed by atoms with van der Waals surface area (Å²) in [6.07, 6.45) is 0. The Morgan fingerprint density at radius 1 is 1.22 bits per heavy atom. The minimum atomic E-state index is -0.467. The van der Waals surface area contributed by atoms with Gasteiger partial charge in [0.15, 0.2) is 5.82 Å². The van der Waals surface area contributed by atoms with E-state index < -0.39 is 5.25 Å². The van der Waals surface area contributed by atoms with Crippen LogP contribution >= 0.6 is 23.4 Å². The van der Waals surface area contributed by atoms with Gasteiger partial charge in [-0.25, -0.2) is 0 Å². The number of benzene rings is 1. The summed E-state index contributed by atoms with van der Waals surface area (Å²) in [7, 11) is 0. The molecule has 0 radical (unpaired) electrons. The van der Waals surface area contributed by atoms with Crippen LogP contribution in [0.2, 0.25) is 5.02 Å². The van der Waals surface area contributed by atoms with Gasteiger partial charge in [-0.3, -0.25) is 14.4 Å². The maximum Gasteiger partial charge on any atom is 0.238 e. The minimum absolute atomic E-state index is 0.0657. The molecule has 0 saturated heterocycles. The van der Waals surface area contributed by atoms with Gasteiger partial charge in [0.05, 0.1) is 21.7 Å². The van der Waals surface area contributed by atoms with E-state index in [0.29, 0.717) is 28.0 Å². The van der Waals surface area contributed by atoms with E-state index in [-0.39, 0.29) is 23.5 Å². The number of nitrogens with zero attached hydrogens (tertiary/aromatic N) is 1. The molecule has 0 aliphatic heterocycles. The molecule has 27 heavy (non-hydrogen) atoms. The van der Waals surface area contributed by atoms with Crippen LogP contribution in [0, 0.1) is 6.92 Å². The van der Waals surface area contributed by atoms with Gasteiger partial charge in [-0.1, -0.05) is 16.8 Å². The molecule has 1 aromatic heterocycles. The fourth-order valence-electron chi connectivity index (χ4n) is 2.01. The number of rotatable bonds is 7. The predicted octanol–water partition coefficient (Wildman–Crippen LogP) is 3.29. The standard InChI is InChI=1S/C17H19ClN4O4S/c1-9-6-15(22-26-9)21-17(25)10(2)27-8-16(24)20-14-5-4-12(7-13(14)18)19-11(3)23/h4-7,10H,8H2,1-3H3,(H,19,23)(H,20,24)(H,21,22,25). The van der Waals surface area contributed by atoms with Crippen molar-refractivity contribution >= 4 is 58.3 Å².